The highest BCUT2D eigenvalue weighted by atomic mass is 16.5. The van der Waals surface area contributed by atoms with Gasteiger partial charge in [-0.05, 0) is 19.9 Å². The van der Waals surface area contributed by atoms with Crippen LogP contribution in [0.4, 0.5) is 0 Å². The minimum atomic E-state index is -0.964. The molecule has 0 bridgehead atoms. The Labute approximate surface area is 94.8 Å². The second-order valence-corrected chi connectivity index (χ2v) is 3.33. The molecule has 1 aromatic carbocycles. The van der Waals surface area contributed by atoms with Gasteiger partial charge in [0.2, 0.25) is 0 Å². The van der Waals surface area contributed by atoms with Crippen molar-refractivity contribution in [3.05, 3.63) is 29.8 Å². The van der Waals surface area contributed by atoms with Gasteiger partial charge < -0.3 is 14.6 Å². The van der Waals surface area contributed by atoms with E-state index in [-0.39, 0.29) is 6.61 Å². The van der Waals surface area contributed by atoms with Crippen LogP contribution >= 0.6 is 0 Å². The lowest BCUT2D eigenvalue weighted by molar-refractivity contribution is -0.149. The van der Waals surface area contributed by atoms with Gasteiger partial charge in [0.15, 0.2) is 6.10 Å². The van der Waals surface area contributed by atoms with Gasteiger partial charge in [0.1, 0.15) is 5.75 Å². The van der Waals surface area contributed by atoms with Crippen molar-refractivity contribution in [2.24, 2.45) is 0 Å². The molecule has 4 nitrogen and oxygen atoms in total. The summed E-state index contributed by atoms with van der Waals surface area (Å²) >= 11 is 0. The van der Waals surface area contributed by atoms with Crippen LogP contribution in [0, 0.1) is 0 Å². The van der Waals surface area contributed by atoms with Gasteiger partial charge in [-0.25, -0.2) is 4.79 Å². The van der Waals surface area contributed by atoms with Crippen molar-refractivity contribution in [3.63, 3.8) is 0 Å². The van der Waals surface area contributed by atoms with E-state index >= 15 is 0 Å². The van der Waals surface area contributed by atoms with E-state index in [2.05, 4.69) is 0 Å². The van der Waals surface area contributed by atoms with E-state index in [9.17, 15) is 4.79 Å². The van der Waals surface area contributed by atoms with Crippen molar-refractivity contribution < 1.29 is 19.4 Å². The van der Waals surface area contributed by atoms with Crippen molar-refractivity contribution in [1.82, 2.24) is 0 Å². The fraction of sp³-hybridized carbons (Fsp3) is 0.417. The Balaban J connectivity index is 2.62. The van der Waals surface area contributed by atoms with Crippen LogP contribution in [0.1, 0.15) is 19.4 Å². The van der Waals surface area contributed by atoms with Gasteiger partial charge in [0.05, 0.1) is 13.2 Å². The van der Waals surface area contributed by atoms with Crippen LogP contribution in [0.3, 0.4) is 0 Å². The maximum atomic E-state index is 10.6. The molecule has 0 radical (unpaired) electrons. The average Bonchev–Trinajstić information content (AvgIpc) is 2.27. The largest absolute Gasteiger partial charge is 0.494 e. The molecular formula is C12H16O4. The predicted octanol–water partition coefficient (Wildman–Crippen LogP) is 2.07. The first-order valence-corrected chi connectivity index (χ1v) is 5.20. The van der Waals surface area contributed by atoms with E-state index in [1.807, 2.05) is 31.2 Å². The second-order valence-electron chi connectivity index (χ2n) is 3.33. The summed E-state index contributed by atoms with van der Waals surface area (Å²) in [5.74, 6) is -0.225. The Kier molecular flexibility index (Phi) is 4.79. The molecule has 16 heavy (non-hydrogen) atoms. The molecule has 1 rings (SSSR count). The van der Waals surface area contributed by atoms with E-state index in [1.165, 1.54) is 6.92 Å². The van der Waals surface area contributed by atoms with Gasteiger partial charge >= 0.3 is 5.97 Å². The smallest absolute Gasteiger partial charge is 0.332 e. The molecule has 0 aromatic heterocycles. The summed E-state index contributed by atoms with van der Waals surface area (Å²) in [4.78, 5) is 10.6. The molecule has 0 unspecified atom stereocenters. The highest BCUT2D eigenvalue weighted by Crippen LogP contribution is 2.19. The number of benzene rings is 1. The van der Waals surface area contributed by atoms with Crippen LogP contribution in [0.5, 0.6) is 5.75 Å². The maximum absolute atomic E-state index is 10.6. The molecule has 88 valence electrons. The van der Waals surface area contributed by atoms with Crippen LogP contribution in [-0.2, 0) is 16.1 Å². The van der Waals surface area contributed by atoms with Crippen LogP contribution in [0.15, 0.2) is 24.3 Å². The average molecular weight is 224 g/mol. The third kappa shape index (κ3) is 3.55. The molecule has 0 aliphatic carbocycles. The van der Waals surface area contributed by atoms with E-state index in [0.717, 1.165) is 11.3 Å². The summed E-state index contributed by atoms with van der Waals surface area (Å²) in [6.45, 7) is 4.22. The summed E-state index contributed by atoms with van der Waals surface area (Å²) in [6.07, 6.45) is -0.810. The Morgan fingerprint density at radius 2 is 2.12 bits per heavy atom. The number of para-hydroxylation sites is 1. The zero-order valence-electron chi connectivity index (χ0n) is 9.47. The van der Waals surface area contributed by atoms with Crippen LogP contribution < -0.4 is 4.74 Å². The number of carboxylic acids is 1. The quantitative estimate of drug-likeness (QED) is 0.803. The molecule has 0 aliphatic rings. The molecule has 0 fully saturated rings. The number of carboxylic acid groups (broad SMARTS) is 1. The highest BCUT2D eigenvalue weighted by Gasteiger charge is 2.12. The Bertz CT molecular complexity index is 349. The molecule has 0 amide bonds. The molecule has 0 heterocycles. The lowest BCUT2D eigenvalue weighted by atomic mass is 10.2. The summed E-state index contributed by atoms with van der Waals surface area (Å²) < 4.78 is 10.6. The fourth-order valence-corrected chi connectivity index (χ4v) is 1.21. The zero-order valence-corrected chi connectivity index (χ0v) is 9.47. The fourth-order valence-electron chi connectivity index (χ4n) is 1.21. The number of rotatable bonds is 6. The standard InChI is InChI=1S/C12H16O4/c1-3-15-11-7-5-4-6-10(11)8-16-9(2)12(13)14/h4-7,9H,3,8H2,1-2H3,(H,13,14)/t9-/m1/s1. The van der Waals surface area contributed by atoms with Crippen molar-refractivity contribution in [3.8, 4) is 5.75 Å². The SMILES string of the molecule is CCOc1ccccc1CO[C@H](C)C(=O)O. The minimum absolute atomic E-state index is 0.240. The van der Waals surface area contributed by atoms with Crippen molar-refractivity contribution in [2.45, 2.75) is 26.6 Å². The summed E-state index contributed by atoms with van der Waals surface area (Å²) in [5, 5.41) is 8.68. The number of ether oxygens (including phenoxy) is 2. The first kappa shape index (κ1) is 12.5. The van der Waals surface area contributed by atoms with Crippen molar-refractivity contribution in [1.29, 1.82) is 0 Å². The summed E-state index contributed by atoms with van der Waals surface area (Å²) in [7, 11) is 0. The summed E-state index contributed by atoms with van der Waals surface area (Å²) in [6, 6.07) is 7.44. The first-order chi connectivity index (χ1) is 7.65. The Hall–Kier alpha value is -1.55. The zero-order chi connectivity index (χ0) is 12.0. The van der Waals surface area contributed by atoms with Gasteiger partial charge in [-0.1, -0.05) is 18.2 Å². The lowest BCUT2D eigenvalue weighted by Crippen LogP contribution is -2.19. The lowest BCUT2D eigenvalue weighted by Gasteiger charge is -2.12. The molecular weight excluding hydrogens is 208 g/mol. The van der Waals surface area contributed by atoms with Gasteiger partial charge in [-0.2, -0.15) is 0 Å². The third-order valence-electron chi connectivity index (χ3n) is 2.11. The van der Waals surface area contributed by atoms with Crippen molar-refractivity contribution in [2.75, 3.05) is 6.61 Å². The summed E-state index contributed by atoms with van der Waals surface area (Å²) in [5.41, 5.74) is 0.859. The number of carbonyl (C=O) groups is 1. The predicted molar refractivity (Wildman–Crippen MR) is 59.5 cm³/mol. The highest BCUT2D eigenvalue weighted by molar-refractivity contribution is 5.71. The molecule has 1 aromatic rings. The molecule has 1 atom stereocenters. The first-order valence-electron chi connectivity index (χ1n) is 5.20. The topological polar surface area (TPSA) is 55.8 Å². The minimum Gasteiger partial charge on any atom is -0.494 e. The van der Waals surface area contributed by atoms with E-state index in [0.29, 0.717) is 6.61 Å². The number of hydrogen-bond acceptors (Lipinski definition) is 3. The molecule has 0 aliphatic heterocycles. The monoisotopic (exact) mass is 224 g/mol. The van der Waals surface area contributed by atoms with Crippen LogP contribution in [-0.4, -0.2) is 23.8 Å². The van der Waals surface area contributed by atoms with Gasteiger partial charge in [-0.15, -0.1) is 0 Å². The molecule has 0 saturated carbocycles. The number of hydrogen-bond donors (Lipinski definition) is 1. The van der Waals surface area contributed by atoms with E-state index in [1.54, 1.807) is 0 Å². The molecule has 0 spiro atoms. The van der Waals surface area contributed by atoms with Crippen LogP contribution in [0.2, 0.25) is 0 Å². The van der Waals surface area contributed by atoms with E-state index < -0.39 is 12.1 Å². The van der Waals surface area contributed by atoms with E-state index in [4.69, 9.17) is 14.6 Å². The molecule has 1 N–H and O–H groups in total. The Morgan fingerprint density at radius 3 is 2.75 bits per heavy atom. The van der Waals surface area contributed by atoms with Crippen molar-refractivity contribution >= 4 is 5.97 Å². The van der Waals surface area contributed by atoms with Gasteiger partial charge in [0.25, 0.3) is 0 Å². The maximum Gasteiger partial charge on any atom is 0.332 e. The van der Waals surface area contributed by atoms with Gasteiger partial charge in [-0.3, -0.25) is 0 Å². The Morgan fingerprint density at radius 1 is 1.44 bits per heavy atom. The van der Waals surface area contributed by atoms with Gasteiger partial charge in [0, 0.05) is 5.56 Å². The molecule has 0 saturated heterocycles. The second kappa shape index (κ2) is 6.12. The number of aliphatic carboxylic acids is 1. The normalized spacial score (nSPS) is 12.1. The van der Waals surface area contributed by atoms with Crippen LogP contribution in [0.25, 0.3) is 0 Å². The third-order valence-corrected chi connectivity index (χ3v) is 2.11. The molecule has 4 heteroatoms.